The van der Waals surface area contributed by atoms with E-state index in [1.807, 2.05) is 121 Å². The van der Waals surface area contributed by atoms with Gasteiger partial charge in [-0.05, 0) is 13.8 Å². The largest absolute Gasteiger partial charge is 0.336 e. The number of hydrogen-bond acceptors (Lipinski definition) is 4. The molecule has 0 saturated carbocycles. The maximum atomic E-state index is 15.3. The average molecular weight is 502 g/mol. The van der Waals surface area contributed by atoms with Crippen LogP contribution >= 0.6 is 14.3 Å². The van der Waals surface area contributed by atoms with Gasteiger partial charge in [0.2, 0.25) is 0 Å². The fourth-order valence-corrected chi connectivity index (χ4v) is 11.7. The molecule has 4 aromatic carbocycles. The molecule has 35 heavy (non-hydrogen) atoms. The van der Waals surface area contributed by atoms with Gasteiger partial charge in [0.05, 0.1) is 0 Å². The normalized spacial score (nSPS) is 19.9. The van der Waals surface area contributed by atoms with Crippen LogP contribution in [-0.4, -0.2) is 17.5 Å². The maximum absolute atomic E-state index is 15.3. The molecule has 178 valence electrons. The molecular formula is C29H28O4P2. The van der Waals surface area contributed by atoms with Crippen LogP contribution in [0.2, 0.25) is 0 Å². The second-order valence-corrected chi connectivity index (χ2v) is 14.8. The van der Waals surface area contributed by atoms with Crippen LogP contribution in [0.3, 0.4) is 0 Å². The predicted molar refractivity (Wildman–Crippen MR) is 143 cm³/mol. The van der Waals surface area contributed by atoms with Crippen LogP contribution < -0.4 is 21.2 Å². The van der Waals surface area contributed by atoms with Crippen LogP contribution in [0.15, 0.2) is 121 Å². The molecule has 0 aliphatic carbocycles. The third-order valence-corrected chi connectivity index (χ3v) is 13.0. The Morgan fingerprint density at radius 1 is 0.486 bits per heavy atom. The monoisotopic (exact) mass is 502 g/mol. The van der Waals surface area contributed by atoms with Gasteiger partial charge in [0, 0.05) is 21.2 Å². The SMILES string of the molecule is CC1(C)O[C@@H](P(=O)(c2ccccc2)c2ccccc2)[C@H](P(=O)(c2ccccc2)c2ccccc2)O1. The van der Waals surface area contributed by atoms with Crippen LogP contribution in [0.25, 0.3) is 0 Å². The Bertz CT molecular complexity index is 1180. The highest BCUT2D eigenvalue weighted by Crippen LogP contribution is 2.64. The molecule has 0 unspecified atom stereocenters. The van der Waals surface area contributed by atoms with Gasteiger partial charge in [0.1, 0.15) is 0 Å². The van der Waals surface area contributed by atoms with Gasteiger partial charge in [-0.15, -0.1) is 0 Å². The summed E-state index contributed by atoms with van der Waals surface area (Å²) in [5, 5.41) is 2.59. The Morgan fingerprint density at radius 2 is 0.714 bits per heavy atom. The van der Waals surface area contributed by atoms with Gasteiger partial charge in [-0.3, -0.25) is 0 Å². The van der Waals surface area contributed by atoms with Crippen LogP contribution in [0.1, 0.15) is 13.8 Å². The molecule has 0 N–H and O–H groups in total. The summed E-state index contributed by atoms with van der Waals surface area (Å²) >= 11 is 0. The van der Waals surface area contributed by atoms with E-state index in [-0.39, 0.29) is 0 Å². The summed E-state index contributed by atoms with van der Waals surface area (Å²) in [6, 6.07) is 37.4. The fourth-order valence-electron chi connectivity index (χ4n) is 4.72. The first-order valence-electron chi connectivity index (χ1n) is 11.6. The van der Waals surface area contributed by atoms with Gasteiger partial charge in [0.15, 0.2) is 31.8 Å². The minimum absolute atomic E-state index is 0.648. The third-order valence-electron chi connectivity index (χ3n) is 6.33. The standard InChI is InChI=1S/C29H28O4P2/c1-29(2)32-27(34(30,23-15-7-3-8-16-23)24-17-9-4-10-18-24)28(33-29)35(31,25-19-11-5-12-20-25)26-21-13-6-14-22-26/h3-22,27-28H,1-2H3/t27-,28-/m0/s1. The summed E-state index contributed by atoms with van der Waals surface area (Å²) in [5.74, 6) is -2.98. The predicted octanol–water partition coefficient (Wildman–Crippen LogP) is 5.45. The fraction of sp³-hybridized carbons (Fsp3) is 0.172. The molecule has 4 nitrogen and oxygen atoms in total. The topological polar surface area (TPSA) is 52.6 Å². The summed E-state index contributed by atoms with van der Waals surface area (Å²) in [4.78, 5) is 0. The van der Waals surface area contributed by atoms with E-state index in [1.165, 1.54) is 0 Å². The van der Waals surface area contributed by atoms with E-state index in [1.54, 1.807) is 13.8 Å². The molecule has 0 aromatic heterocycles. The zero-order chi connectivity index (χ0) is 24.5. The van der Waals surface area contributed by atoms with Crippen molar-refractivity contribution in [2.75, 3.05) is 0 Å². The Balaban J connectivity index is 1.78. The smallest absolute Gasteiger partial charge is 0.173 e. The second-order valence-electron chi connectivity index (χ2n) is 9.07. The summed E-state index contributed by atoms with van der Waals surface area (Å²) in [6.45, 7) is 3.58. The summed E-state index contributed by atoms with van der Waals surface area (Å²) in [5.41, 5.74) is 0. The lowest BCUT2D eigenvalue weighted by molar-refractivity contribution is -0.133. The van der Waals surface area contributed by atoms with Crippen LogP contribution in [0.4, 0.5) is 0 Å². The lowest BCUT2D eigenvalue weighted by atomic mass is 10.4. The molecule has 4 aromatic rings. The Kier molecular flexibility index (Phi) is 6.42. The number of ether oxygens (including phenoxy) is 2. The molecule has 1 aliphatic rings. The zero-order valence-electron chi connectivity index (χ0n) is 19.7. The van der Waals surface area contributed by atoms with Crippen molar-refractivity contribution in [3.63, 3.8) is 0 Å². The molecule has 1 saturated heterocycles. The van der Waals surface area contributed by atoms with Crippen molar-refractivity contribution in [3.8, 4) is 0 Å². The minimum atomic E-state index is -3.46. The molecule has 1 fully saturated rings. The van der Waals surface area contributed by atoms with Crippen molar-refractivity contribution < 1.29 is 18.6 Å². The Labute approximate surface area is 206 Å². The highest BCUT2D eigenvalue weighted by Gasteiger charge is 2.59. The molecule has 1 aliphatic heterocycles. The van der Waals surface area contributed by atoms with Crippen LogP contribution in [-0.2, 0) is 18.6 Å². The van der Waals surface area contributed by atoms with E-state index in [0.29, 0.717) is 21.2 Å². The van der Waals surface area contributed by atoms with Crippen molar-refractivity contribution in [1.82, 2.24) is 0 Å². The van der Waals surface area contributed by atoms with E-state index in [4.69, 9.17) is 9.47 Å². The highest BCUT2D eigenvalue weighted by molar-refractivity contribution is 7.83. The van der Waals surface area contributed by atoms with Crippen molar-refractivity contribution >= 4 is 35.5 Å². The molecule has 6 heteroatoms. The van der Waals surface area contributed by atoms with E-state index in [0.717, 1.165) is 0 Å². The van der Waals surface area contributed by atoms with Gasteiger partial charge in [0.25, 0.3) is 0 Å². The first kappa shape index (κ1) is 24.0. The average Bonchev–Trinajstić information content (AvgIpc) is 3.26. The Hall–Kier alpha value is -2.74. The van der Waals surface area contributed by atoms with Gasteiger partial charge < -0.3 is 18.6 Å². The van der Waals surface area contributed by atoms with Gasteiger partial charge in [-0.1, -0.05) is 121 Å². The number of rotatable bonds is 6. The Morgan fingerprint density at radius 3 is 0.943 bits per heavy atom. The molecule has 0 radical (unpaired) electrons. The van der Waals surface area contributed by atoms with E-state index < -0.39 is 31.8 Å². The van der Waals surface area contributed by atoms with Gasteiger partial charge in [-0.25, -0.2) is 0 Å². The third kappa shape index (κ3) is 4.26. The van der Waals surface area contributed by atoms with Gasteiger partial charge in [-0.2, -0.15) is 0 Å². The molecule has 5 rings (SSSR count). The molecule has 0 amide bonds. The van der Waals surface area contributed by atoms with Crippen molar-refractivity contribution in [3.05, 3.63) is 121 Å². The van der Waals surface area contributed by atoms with Gasteiger partial charge >= 0.3 is 0 Å². The van der Waals surface area contributed by atoms with E-state index in [9.17, 15) is 0 Å². The summed E-state index contributed by atoms with van der Waals surface area (Å²) < 4.78 is 43.5. The number of hydrogen-bond donors (Lipinski definition) is 0. The first-order chi connectivity index (χ1) is 16.9. The van der Waals surface area contributed by atoms with Crippen molar-refractivity contribution in [2.24, 2.45) is 0 Å². The lowest BCUT2D eigenvalue weighted by Crippen LogP contribution is -2.37. The number of benzene rings is 4. The lowest BCUT2D eigenvalue weighted by Gasteiger charge is -2.32. The molecule has 1 heterocycles. The van der Waals surface area contributed by atoms with Crippen LogP contribution in [0, 0.1) is 0 Å². The highest BCUT2D eigenvalue weighted by atomic mass is 31.2. The second kappa shape index (κ2) is 9.37. The van der Waals surface area contributed by atoms with Crippen molar-refractivity contribution in [1.29, 1.82) is 0 Å². The zero-order valence-corrected chi connectivity index (χ0v) is 21.5. The molecular weight excluding hydrogens is 474 g/mol. The molecule has 2 atom stereocenters. The minimum Gasteiger partial charge on any atom is -0.336 e. The van der Waals surface area contributed by atoms with E-state index in [2.05, 4.69) is 0 Å². The molecule has 0 bridgehead atoms. The molecule has 0 spiro atoms. The maximum Gasteiger partial charge on any atom is 0.173 e. The summed E-state index contributed by atoms with van der Waals surface area (Å²) in [7, 11) is -6.93. The van der Waals surface area contributed by atoms with Crippen LogP contribution in [0.5, 0.6) is 0 Å². The quantitative estimate of drug-likeness (QED) is 0.329. The van der Waals surface area contributed by atoms with E-state index >= 15 is 9.13 Å². The van der Waals surface area contributed by atoms with Crippen molar-refractivity contribution in [2.45, 2.75) is 31.3 Å². The first-order valence-corrected chi connectivity index (χ1v) is 15.2. The summed E-state index contributed by atoms with van der Waals surface area (Å²) in [6.07, 6.45) is 0.